The molecular weight excluding hydrogens is 236 g/mol. The van der Waals surface area contributed by atoms with Crippen LogP contribution in [0.5, 0.6) is 0 Å². The van der Waals surface area contributed by atoms with Gasteiger partial charge in [-0.3, -0.25) is 4.90 Å². The van der Waals surface area contributed by atoms with Crippen molar-refractivity contribution in [2.75, 3.05) is 31.5 Å². The van der Waals surface area contributed by atoms with E-state index in [1.165, 1.54) is 23.2 Å². The van der Waals surface area contributed by atoms with Crippen LogP contribution in [0.25, 0.3) is 0 Å². The van der Waals surface area contributed by atoms with E-state index in [1.807, 2.05) is 0 Å². The third-order valence-corrected chi connectivity index (χ3v) is 4.09. The number of rotatable bonds is 3. The summed E-state index contributed by atoms with van der Waals surface area (Å²) in [6, 6.07) is 6.88. The Morgan fingerprint density at radius 3 is 2.84 bits per heavy atom. The zero-order valence-corrected chi connectivity index (χ0v) is 12.0. The largest absolute Gasteiger partial charge is 0.384 e. The van der Waals surface area contributed by atoms with E-state index in [2.05, 4.69) is 42.3 Å². The third-order valence-electron chi connectivity index (χ3n) is 4.09. The van der Waals surface area contributed by atoms with Crippen molar-refractivity contribution in [1.29, 1.82) is 0 Å². The van der Waals surface area contributed by atoms with Gasteiger partial charge in [-0.05, 0) is 43.9 Å². The molecule has 104 valence electrons. The van der Waals surface area contributed by atoms with Gasteiger partial charge in [-0.15, -0.1) is 0 Å². The summed E-state index contributed by atoms with van der Waals surface area (Å²) in [5, 5.41) is 3.42. The first-order chi connectivity index (χ1) is 9.20. The van der Waals surface area contributed by atoms with Gasteiger partial charge in [0, 0.05) is 31.9 Å². The van der Waals surface area contributed by atoms with Crippen molar-refractivity contribution in [2.24, 2.45) is 0 Å². The normalized spacial score (nSPS) is 27.1. The molecule has 1 aromatic carbocycles. The van der Waals surface area contributed by atoms with Crippen LogP contribution >= 0.6 is 0 Å². The van der Waals surface area contributed by atoms with Crippen LogP contribution < -0.4 is 5.32 Å². The molecule has 0 aliphatic carbocycles. The fraction of sp³-hybridized carbons (Fsp3) is 0.625. The molecule has 2 unspecified atom stereocenters. The molecular formula is C16H24N2O. The van der Waals surface area contributed by atoms with Crippen LogP contribution in [-0.2, 0) is 17.6 Å². The lowest BCUT2D eigenvalue weighted by atomic mass is 10.1. The summed E-state index contributed by atoms with van der Waals surface area (Å²) in [5.74, 6) is 0. The molecule has 0 radical (unpaired) electrons. The zero-order chi connectivity index (χ0) is 13.2. The highest BCUT2D eigenvalue weighted by atomic mass is 16.5. The summed E-state index contributed by atoms with van der Waals surface area (Å²) in [4.78, 5) is 2.53. The number of anilines is 1. The lowest BCUT2D eigenvalue weighted by Crippen LogP contribution is -2.46. The predicted molar refractivity (Wildman–Crippen MR) is 78.8 cm³/mol. The van der Waals surface area contributed by atoms with E-state index >= 15 is 0 Å². The van der Waals surface area contributed by atoms with E-state index in [9.17, 15) is 0 Å². The molecule has 3 nitrogen and oxygen atoms in total. The molecule has 3 rings (SSSR count). The topological polar surface area (TPSA) is 24.5 Å². The first-order valence-electron chi connectivity index (χ1n) is 7.44. The van der Waals surface area contributed by atoms with Crippen molar-refractivity contribution in [3.63, 3.8) is 0 Å². The van der Waals surface area contributed by atoms with Gasteiger partial charge >= 0.3 is 0 Å². The van der Waals surface area contributed by atoms with Crippen molar-refractivity contribution in [1.82, 2.24) is 4.90 Å². The van der Waals surface area contributed by atoms with Gasteiger partial charge in [-0.2, -0.15) is 0 Å². The fourth-order valence-corrected chi connectivity index (χ4v) is 3.27. The number of nitrogens with zero attached hydrogens (tertiary/aromatic N) is 1. The second-order valence-electron chi connectivity index (χ2n) is 5.94. The van der Waals surface area contributed by atoms with Gasteiger partial charge in [0.25, 0.3) is 0 Å². The van der Waals surface area contributed by atoms with Crippen LogP contribution in [0.4, 0.5) is 5.69 Å². The number of hydrogen-bond acceptors (Lipinski definition) is 3. The molecule has 1 fully saturated rings. The summed E-state index contributed by atoms with van der Waals surface area (Å²) >= 11 is 0. The fourth-order valence-electron chi connectivity index (χ4n) is 3.27. The van der Waals surface area contributed by atoms with Crippen LogP contribution in [0.2, 0.25) is 0 Å². The van der Waals surface area contributed by atoms with E-state index in [0.29, 0.717) is 12.2 Å². The number of ether oxygens (including phenoxy) is 1. The standard InChI is InChI=1S/C16H24N2O/c1-12-10-18(11-13(2)19-12)8-6-14-3-4-16-15(9-14)5-7-17-16/h3-4,9,12-13,17H,5-8,10-11H2,1-2H3. The maximum Gasteiger partial charge on any atom is 0.0678 e. The Labute approximate surface area is 115 Å². The molecule has 2 heterocycles. The number of hydrogen-bond donors (Lipinski definition) is 1. The SMILES string of the molecule is CC1CN(CCc2ccc3c(c2)CCN3)CC(C)O1. The average molecular weight is 260 g/mol. The molecule has 2 aliphatic rings. The summed E-state index contributed by atoms with van der Waals surface area (Å²) < 4.78 is 5.78. The molecule has 0 spiro atoms. The van der Waals surface area contributed by atoms with Crippen LogP contribution in [0, 0.1) is 0 Å². The van der Waals surface area contributed by atoms with Gasteiger partial charge in [-0.1, -0.05) is 12.1 Å². The Hall–Kier alpha value is -1.06. The van der Waals surface area contributed by atoms with E-state index in [1.54, 1.807) is 0 Å². The molecule has 0 bridgehead atoms. The Balaban J connectivity index is 1.57. The maximum atomic E-state index is 5.78. The van der Waals surface area contributed by atoms with Gasteiger partial charge in [0.15, 0.2) is 0 Å². The minimum Gasteiger partial charge on any atom is -0.384 e. The Morgan fingerprint density at radius 1 is 1.26 bits per heavy atom. The van der Waals surface area contributed by atoms with Crippen molar-refractivity contribution < 1.29 is 4.74 Å². The highest BCUT2D eigenvalue weighted by Crippen LogP contribution is 2.23. The Kier molecular flexibility index (Phi) is 3.76. The Morgan fingerprint density at radius 2 is 2.05 bits per heavy atom. The maximum absolute atomic E-state index is 5.78. The molecule has 19 heavy (non-hydrogen) atoms. The monoisotopic (exact) mass is 260 g/mol. The van der Waals surface area contributed by atoms with Crippen LogP contribution in [0.3, 0.4) is 0 Å². The second-order valence-corrected chi connectivity index (χ2v) is 5.94. The summed E-state index contributed by atoms with van der Waals surface area (Å²) in [7, 11) is 0. The van der Waals surface area contributed by atoms with Crippen molar-refractivity contribution in [3.8, 4) is 0 Å². The first kappa shape index (κ1) is 12.9. The molecule has 0 aromatic heterocycles. The van der Waals surface area contributed by atoms with Gasteiger partial charge < -0.3 is 10.1 Å². The quantitative estimate of drug-likeness (QED) is 0.902. The van der Waals surface area contributed by atoms with Crippen LogP contribution in [-0.4, -0.2) is 43.3 Å². The average Bonchev–Trinajstić information content (AvgIpc) is 2.82. The van der Waals surface area contributed by atoms with Crippen molar-refractivity contribution in [3.05, 3.63) is 29.3 Å². The molecule has 0 saturated carbocycles. The van der Waals surface area contributed by atoms with Crippen molar-refractivity contribution >= 4 is 5.69 Å². The number of fused-ring (bicyclic) bond motifs is 1. The molecule has 1 aromatic rings. The Bertz CT molecular complexity index is 436. The van der Waals surface area contributed by atoms with Crippen LogP contribution in [0.15, 0.2) is 18.2 Å². The zero-order valence-electron chi connectivity index (χ0n) is 12.0. The van der Waals surface area contributed by atoms with Crippen molar-refractivity contribution in [2.45, 2.75) is 38.9 Å². The second kappa shape index (κ2) is 5.51. The minimum atomic E-state index is 0.368. The molecule has 3 heteroatoms. The van der Waals surface area contributed by atoms with E-state index < -0.39 is 0 Å². The summed E-state index contributed by atoms with van der Waals surface area (Å²) in [6.07, 6.45) is 3.06. The minimum absolute atomic E-state index is 0.368. The third kappa shape index (κ3) is 3.10. The molecule has 2 atom stereocenters. The highest BCUT2D eigenvalue weighted by molar-refractivity contribution is 5.56. The lowest BCUT2D eigenvalue weighted by molar-refractivity contribution is -0.0675. The van der Waals surface area contributed by atoms with E-state index in [-0.39, 0.29) is 0 Å². The van der Waals surface area contributed by atoms with Gasteiger partial charge in [0.2, 0.25) is 0 Å². The summed E-state index contributed by atoms with van der Waals surface area (Å²) in [6.45, 7) is 8.71. The number of morpholine rings is 1. The highest BCUT2D eigenvalue weighted by Gasteiger charge is 2.21. The predicted octanol–water partition coefficient (Wildman–Crippen LogP) is 2.31. The molecule has 1 saturated heterocycles. The lowest BCUT2D eigenvalue weighted by Gasteiger charge is -2.35. The van der Waals surface area contributed by atoms with E-state index in [0.717, 1.165) is 32.6 Å². The smallest absolute Gasteiger partial charge is 0.0678 e. The molecule has 2 aliphatic heterocycles. The van der Waals surface area contributed by atoms with E-state index in [4.69, 9.17) is 4.74 Å². The summed E-state index contributed by atoms with van der Waals surface area (Å²) in [5.41, 5.74) is 4.29. The van der Waals surface area contributed by atoms with Gasteiger partial charge in [-0.25, -0.2) is 0 Å². The van der Waals surface area contributed by atoms with Gasteiger partial charge in [0.05, 0.1) is 12.2 Å². The first-order valence-corrected chi connectivity index (χ1v) is 7.44. The number of benzene rings is 1. The molecule has 1 N–H and O–H groups in total. The van der Waals surface area contributed by atoms with Gasteiger partial charge in [0.1, 0.15) is 0 Å². The number of nitrogens with one attached hydrogen (secondary N) is 1. The molecule has 0 amide bonds. The van der Waals surface area contributed by atoms with Crippen LogP contribution in [0.1, 0.15) is 25.0 Å².